The summed E-state index contributed by atoms with van der Waals surface area (Å²) in [5.74, 6) is -1.19. The second-order valence-corrected chi connectivity index (χ2v) is 6.96. The standard InChI is InChI=1S/C20H20FN5O2/c21-15-6-3-7-16(15)25-18-14(20(23)28)9-24-26-10-11(8-17(18)26)12-4-1-2-5-13(12)19(22)27/h1-2,4-5,8-10,15-16,25H,3,6-7H2,(H2,22,27)(H2,23,28)/t15-,16+/m0/s1. The first-order chi connectivity index (χ1) is 13.5. The number of amides is 2. The molecule has 0 spiro atoms. The second kappa shape index (κ2) is 6.95. The lowest BCUT2D eigenvalue weighted by Gasteiger charge is -2.19. The highest BCUT2D eigenvalue weighted by Gasteiger charge is 2.29. The Kier molecular flexibility index (Phi) is 4.46. The Balaban J connectivity index is 1.86. The van der Waals surface area contributed by atoms with Gasteiger partial charge in [0.2, 0.25) is 5.91 Å². The van der Waals surface area contributed by atoms with E-state index in [9.17, 15) is 14.0 Å². The predicted octanol–water partition coefficient (Wildman–Crippen LogP) is 2.50. The van der Waals surface area contributed by atoms with E-state index < -0.39 is 18.0 Å². The fourth-order valence-electron chi connectivity index (χ4n) is 3.75. The average Bonchev–Trinajstić information content (AvgIpc) is 3.28. The zero-order chi connectivity index (χ0) is 19.8. The first-order valence-electron chi connectivity index (χ1n) is 9.06. The van der Waals surface area contributed by atoms with Gasteiger partial charge in [-0.2, -0.15) is 5.10 Å². The number of benzene rings is 1. The van der Waals surface area contributed by atoms with Crippen LogP contribution in [0, 0.1) is 0 Å². The summed E-state index contributed by atoms with van der Waals surface area (Å²) in [5, 5.41) is 7.40. The lowest BCUT2D eigenvalue weighted by atomic mass is 10.0. The van der Waals surface area contributed by atoms with E-state index in [1.54, 1.807) is 41.0 Å². The topological polar surface area (TPSA) is 116 Å². The molecule has 1 saturated carbocycles. The number of aromatic nitrogens is 2. The van der Waals surface area contributed by atoms with Gasteiger partial charge in [-0.15, -0.1) is 0 Å². The third kappa shape index (κ3) is 3.06. The van der Waals surface area contributed by atoms with Crippen LogP contribution in [0.5, 0.6) is 0 Å². The van der Waals surface area contributed by atoms with Crippen molar-refractivity contribution in [3.05, 3.63) is 53.9 Å². The third-order valence-corrected chi connectivity index (χ3v) is 5.17. The molecule has 2 heterocycles. The zero-order valence-corrected chi connectivity index (χ0v) is 15.1. The fourth-order valence-corrected chi connectivity index (χ4v) is 3.75. The predicted molar refractivity (Wildman–Crippen MR) is 104 cm³/mol. The monoisotopic (exact) mass is 381 g/mol. The maximum atomic E-state index is 14.2. The molecule has 2 amide bonds. The number of alkyl halides is 1. The van der Waals surface area contributed by atoms with Gasteiger partial charge in [-0.1, -0.05) is 18.2 Å². The summed E-state index contributed by atoms with van der Waals surface area (Å²) >= 11 is 0. The number of fused-ring (bicyclic) bond motifs is 1. The summed E-state index contributed by atoms with van der Waals surface area (Å²) in [6, 6.07) is 8.36. The maximum Gasteiger partial charge on any atom is 0.252 e. The molecule has 144 valence electrons. The third-order valence-electron chi connectivity index (χ3n) is 5.17. The SMILES string of the molecule is NC(=O)c1ccccc1-c1cc2c(N[C@@H]3CCC[C@@H]3F)c(C(N)=O)cnn2c1. The lowest BCUT2D eigenvalue weighted by Crippen LogP contribution is -2.27. The molecule has 1 aromatic carbocycles. The van der Waals surface area contributed by atoms with Crippen LogP contribution in [0.3, 0.4) is 0 Å². The minimum absolute atomic E-state index is 0.194. The first kappa shape index (κ1) is 18.0. The van der Waals surface area contributed by atoms with Crippen molar-refractivity contribution in [2.24, 2.45) is 11.5 Å². The van der Waals surface area contributed by atoms with Crippen LogP contribution in [0.15, 0.2) is 42.7 Å². The molecule has 3 aromatic rings. The molecule has 0 saturated heterocycles. The minimum atomic E-state index is -0.987. The Bertz CT molecular complexity index is 1080. The molecule has 8 heteroatoms. The smallest absolute Gasteiger partial charge is 0.252 e. The van der Waals surface area contributed by atoms with Crippen LogP contribution in [0.1, 0.15) is 40.0 Å². The van der Waals surface area contributed by atoms with Crippen molar-refractivity contribution in [2.45, 2.75) is 31.5 Å². The first-order valence-corrected chi connectivity index (χ1v) is 9.06. The Hall–Kier alpha value is -3.42. The number of rotatable bonds is 5. The van der Waals surface area contributed by atoms with Crippen molar-refractivity contribution in [1.82, 2.24) is 9.61 Å². The van der Waals surface area contributed by atoms with Crippen LogP contribution in [-0.4, -0.2) is 33.6 Å². The lowest BCUT2D eigenvalue weighted by molar-refractivity contribution is 0.0992. The molecular formula is C20H20FN5O2. The van der Waals surface area contributed by atoms with Crippen LogP contribution >= 0.6 is 0 Å². The van der Waals surface area contributed by atoms with E-state index in [1.807, 2.05) is 0 Å². The summed E-state index contributed by atoms with van der Waals surface area (Å²) in [7, 11) is 0. The van der Waals surface area contributed by atoms with Crippen molar-refractivity contribution in [3.8, 4) is 11.1 Å². The van der Waals surface area contributed by atoms with E-state index in [1.165, 1.54) is 6.20 Å². The molecule has 28 heavy (non-hydrogen) atoms. The molecule has 1 aliphatic carbocycles. The van der Waals surface area contributed by atoms with Gasteiger partial charge >= 0.3 is 0 Å². The number of primary amides is 2. The van der Waals surface area contributed by atoms with Crippen molar-refractivity contribution in [3.63, 3.8) is 0 Å². The van der Waals surface area contributed by atoms with E-state index in [0.29, 0.717) is 40.7 Å². The van der Waals surface area contributed by atoms with Crippen LogP contribution in [0.4, 0.5) is 10.1 Å². The molecule has 7 nitrogen and oxygen atoms in total. The number of hydrogen-bond acceptors (Lipinski definition) is 4. The van der Waals surface area contributed by atoms with Crippen molar-refractivity contribution in [1.29, 1.82) is 0 Å². The molecular weight excluding hydrogens is 361 g/mol. The summed E-state index contributed by atoms with van der Waals surface area (Å²) in [6.45, 7) is 0. The Morgan fingerprint density at radius 2 is 1.89 bits per heavy atom. The van der Waals surface area contributed by atoms with Gasteiger partial charge in [0, 0.05) is 17.3 Å². The normalized spacial score (nSPS) is 19.0. The van der Waals surface area contributed by atoms with Gasteiger partial charge < -0.3 is 16.8 Å². The summed E-state index contributed by atoms with van der Waals surface area (Å²) in [6.07, 6.45) is 4.05. The van der Waals surface area contributed by atoms with E-state index in [4.69, 9.17) is 11.5 Å². The zero-order valence-electron chi connectivity index (χ0n) is 15.1. The average molecular weight is 381 g/mol. The number of hydrogen-bond donors (Lipinski definition) is 3. The van der Waals surface area contributed by atoms with Crippen LogP contribution < -0.4 is 16.8 Å². The largest absolute Gasteiger partial charge is 0.377 e. The van der Waals surface area contributed by atoms with Crippen molar-refractivity contribution < 1.29 is 14.0 Å². The second-order valence-electron chi connectivity index (χ2n) is 6.96. The van der Waals surface area contributed by atoms with E-state index in [-0.39, 0.29) is 11.6 Å². The Labute approximate surface area is 160 Å². The van der Waals surface area contributed by atoms with E-state index in [0.717, 1.165) is 6.42 Å². The summed E-state index contributed by atoms with van der Waals surface area (Å²) in [4.78, 5) is 23.7. The van der Waals surface area contributed by atoms with Gasteiger partial charge in [0.15, 0.2) is 0 Å². The van der Waals surface area contributed by atoms with Gasteiger partial charge in [-0.3, -0.25) is 9.59 Å². The highest BCUT2D eigenvalue weighted by Crippen LogP contribution is 2.33. The molecule has 4 rings (SSSR count). The van der Waals surface area contributed by atoms with Gasteiger partial charge in [0.05, 0.1) is 29.0 Å². The minimum Gasteiger partial charge on any atom is -0.377 e. The summed E-state index contributed by atoms with van der Waals surface area (Å²) < 4.78 is 15.7. The number of carbonyl (C=O) groups excluding carboxylic acids is 2. The number of nitrogens with zero attached hydrogens (tertiary/aromatic N) is 2. The molecule has 0 aliphatic heterocycles. The maximum absolute atomic E-state index is 14.2. The number of carbonyl (C=O) groups is 2. The molecule has 0 unspecified atom stereocenters. The molecule has 1 fully saturated rings. The van der Waals surface area contributed by atoms with Gasteiger partial charge in [0.1, 0.15) is 6.17 Å². The molecule has 0 bridgehead atoms. The van der Waals surface area contributed by atoms with Gasteiger partial charge in [-0.25, -0.2) is 8.91 Å². The number of anilines is 1. The summed E-state index contributed by atoms with van der Waals surface area (Å²) in [5.41, 5.74) is 13.9. The number of nitrogens with two attached hydrogens (primary N) is 2. The highest BCUT2D eigenvalue weighted by atomic mass is 19.1. The van der Waals surface area contributed by atoms with E-state index in [2.05, 4.69) is 10.4 Å². The van der Waals surface area contributed by atoms with Gasteiger partial charge in [0.25, 0.3) is 5.91 Å². The number of halogens is 1. The van der Waals surface area contributed by atoms with Gasteiger partial charge in [-0.05, 0) is 37.0 Å². The molecule has 2 atom stereocenters. The number of nitrogens with one attached hydrogen (secondary N) is 1. The Morgan fingerprint density at radius 1 is 1.14 bits per heavy atom. The van der Waals surface area contributed by atoms with Crippen LogP contribution in [0.25, 0.3) is 16.6 Å². The highest BCUT2D eigenvalue weighted by molar-refractivity contribution is 6.03. The van der Waals surface area contributed by atoms with Crippen LogP contribution in [0.2, 0.25) is 0 Å². The van der Waals surface area contributed by atoms with Crippen molar-refractivity contribution >= 4 is 23.0 Å². The molecule has 2 aromatic heterocycles. The molecule has 5 N–H and O–H groups in total. The Morgan fingerprint density at radius 3 is 2.57 bits per heavy atom. The molecule has 1 aliphatic rings. The van der Waals surface area contributed by atoms with Crippen LogP contribution in [-0.2, 0) is 0 Å². The van der Waals surface area contributed by atoms with Crippen molar-refractivity contribution in [2.75, 3.05) is 5.32 Å². The van der Waals surface area contributed by atoms with E-state index >= 15 is 0 Å². The quantitative estimate of drug-likeness (QED) is 0.630. The molecule has 0 radical (unpaired) electrons. The fraction of sp³-hybridized carbons (Fsp3) is 0.250.